The van der Waals surface area contributed by atoms with Gasteiger partial charge in [0.15, 0.2) is 0 Å². The highest BCUT2D eigenvalue weighted by atomic mass is 14.8. The summed E-state index contributed by atoms with van der Waals surface area (Å²) in [5.74, 6) is 0.780. The van der Waals surface area contributed by atoms with Gasteiger partial charge >= 0.3 is 0 Å². The van der Waals surface area contributed by atoms with Crippen molar-refractivity contribution in [2.24, 2.45) is 0 Å². The average molecular weight is 215 g/mol. The molecular formula is C15H21N. The van der Waals surface area contributed by atoms with Gasteiger partial charge in [-0.3, -0.25) is 0 Å². The molecule has 1 aliphatic carbocycles. The standard InChI is InChI=1S/C15H21N/c1-12(6-5-9-16-2)10-14-11-13-7-3-4-8-15(13)14/h3-4,6-8,14,16H,5,9-11H2,1-2H3. The zero-order chi connectivity index (χ0) is 11.4. The largest absolute Gasteiger partial charge is 0.319 e. The SMILES string of the molecule is CNCCC=C(C)CC1Cc2ccccc21. The first-order valence-electron chi connectivity index (χ1n) is 6.19. The Bertz CT molecular complexity index is 379. The zero-order valence-electron chi connectivity index (χ0n) is 10.3. The third-order valence-electron chi connectivity index (χ3n) is 3.42. The van der Waals surface area contributed by atoms with E-state index in [0.717, 1.165) is 18.9 Å². The second-order valence-electron chi connectivity index (χ2n) is 4.75. The Morgan fingerprint density at radius 2 is 2.25 bits per heavy atom. The van der Waals surface area contributed by atoms with Crippen molar-refractivity contribution < 1.29 is 0 Å². The molecule has 0 aliphatic heterocycles. The molecule has 0 saturated carbocycles. The fourth-order valence-corrected chi connectivity index (χ4v) is 2.48. The molecular weight excluding hydrogens is 194 g/mol. The normalized spacial score (nSPS) is 19.1. The molecule has 0 fully saturated rings. The molecule has 0 amide bonds. The number of allylic oxidation sites excluding steroid dienone is 1. The summed E-state index contributed by atoms with van der Waals surface area (Å²) in [4.78, 5) is 0. The molecule has 0 heterocycles. The van der Waals surface area contributed by atoms with E-state index < -0.39 is 0 Å². The minimum Gasteiger partial charge on any atom is -0.319 e. The van der Waals surface area contributed by atoms with Crippen LogP contribution in [0.2, 0.25) is 0 Å². The summed E-state index contributed by atoms with van der Waals surface area (Å²) >= 11 is 0. The molecule has 0 radical (unpaired) electrons. The Hall–Kier alpha value is -1.08. The van der Waals surface area contributed by atoms with Gasteiger partial charge in [-0.05, 0) is 56.8 Å². The minimum atomic E-state index is 0.780. The third kappa shape index (κ3) is 2.53. The molecule has 1 N–H and O–H groups in total. The second kappa shape index (κ2) is 5.31. The van der Waals surface area contributed by atoms with Crippen molar-refractivity contribution in [2.75, 3.05) is 13.6 Å². The number of hydrogen-bond acceptors (Lipinski definition) is 1. The fraction of sp³-hybridized carbons (Fsp3) is 0.467. The first kappa shape index (κ1) is 11.4. The number of benzene rings is 1. The molecule has 2 rings (SSSR count). The molecule has 1 aromatic rings. The maximum atomic E-state index is 3.18. The van der Waals surface area contributed by atoms with Crippen LogP contribution in [0.1, 0.15) is 36.8 Å². The highest BCUT2D eigenvalue weighted by Gasteiger charge is 2.24. The Balaban J connectivity index is 1.87. The number of nitrogens with one attached hydrogen (secondary N) is 1. The summed E-state index contributed by atoms with van der Waals surface area (Å²) in [5, 5.41) is 3.18. The quantitative estimate of drug-likeness (QED) is 0.587. The molecule has 0 saturated heterocycles. The fourth-order valence-electron chi connectivity index (χ4n) is 2.48. The lowest BCUT2D eigenvalue weighted by Gasteiger charge is -2.30. The maximum absolute atomic E-state index is 3.18. The molecule has 1 aliphatic rings. The summed E-state index contributed by atoms with van der Waals surface area (Å²) < 4.78 is 0. The third-order valence-corrected chi connectivity index (χ3v) is 3.42. The van der Waals surface area contributed by atoms with Crippen LogP contribution in [-0.4, -0.2) is 13.6 Å². The predicted molar refractivity (Wildman–Crippen MR) is 69.8 cm³/mol. The van der Waals surface area contributed by atoms with Crippen LogP contribution in [0.15, 0.2) is 35.9 Å². The lowest BCUT2D eigenvalue weighted by molar-refractivity contribution is 0.599. The van der Waals surface area contributed by atoms with Gasteiger partial charge < -0.3 is 5.32 Å². The summed E-state index contributed by atoms with van der Waals surface area (Å²) in [6, 6.07) is 8.84. The first-order valence-corrected chi connectivity index (χ1v) is 6.19. The van der Waals surface area contributed by atoms with Crippen LogP contribution in [0.5, 0.6) is 0 Å². The summed E-state index contributed by atoms with van der Waals surface area (Å²) in [6.07, 6.45) is 6.03. The van der Waals surface area contributed by atoms with Crippen LogP contribution in [0.25, 0.3) is 0 Å². The van der Waals surface area contributed by atoms with Crippen LogP contribution in [0.3, 0.4) is 0 Å². The summed E-state index contributed by atoms with van der Waals surface area (Å²) in [5.41, 5.74) is 4.66. The van der Waals surface area contributed by atoms with Gasteiger partial charge in [0.25, 0.3) is 0 Å². The molecule has 16 heavy (non-hydrogen) atoms. The van der Waals surface area contributed by atoms with Gasteiger partial charge in [-0.25, -0.2) is 0 Å². The Morgan fingerprint density at radius 1 is 1.44 bits per heavy atom. The first-order chi connectivity index (χ1) is 7.81. The Kier molecular flexibility index (Phi) is 3.79. The van der Waals surface area contributed by atoms with Gasteiger partial charge in [-0.15, -0.1) is 0 Å². The minimum absolute atomic E-state index is 0.780. The van der Waals surface area contributed by atoms with Crippen LogP contribution in [0, 0.1) is 0 Å². The molecule has 0 aromatic heterocycles. The van der Waals surface area contributed by atoms with Gasteiger partial charge in [0.1, 0.15) is 0 Å². The van der Waals surface area contributed by atoms with Crippen molar-refractivity contribution in [3.63, 3.8) is 0 Å². The van der Waals surface area contributed by atoms with Crippen molar-refractivity contribution >= 4 is 0 Å². The maximum Gasteiger partial charge on any atom is -0.00172 e. The molecule has 1 aromatic carbocycles. The Labute approximate surface area is 98.6 Å². The van der Waals surface area contributed by atoms with Gasteiger partial charge in [0.05, 0.1) is 0 Å². The molecule has 1 unspecified atom stereocenters. The Morgan fingerprint density at radius 3 is 3.00 bits per heavy atom. The van der Waals surface area contributed by atoms with E-state index in [1.165, 1.54) is 18.4 Å². The molecule has 1 nitrogen and oxygen atoms in total. The lowest BCUT2D eigenvalue weighted by Crippen LogP contribution is -2.17. The highest BCUT2D eigenvalue weighted by molar-refractivity contribution is 5.40. The molecule has 0 spiro atoms. The number of rotatable bonds is 5. The van der Waals surface area contributed by atoms with Gasteiger partial charge in [-0.1, -0.05) is 35.9 Å². The van der Waals surface area contributed by atoms with Gasteiger partial charge in [-0.2, -0.15) is 0 Å². The van der Waals surface area contributed by atoms with Gasteiger partial charge in [0.2, 0.25) is 0 Å². The van der Waals surface area contributed by atoms with Crippen molar-refractivity contribution in [1.29, 1.82) is 0 Å². The second-order valence-corrected chi connectivity index (χ2v) is 4.75. The van der Waals surface area contributed by atoms with Crippen LogP contribution < -0.4 is 5.32 Å². The van der Waals surface area contributed by atoms with E-state index in [2.05, 4.69) is 42.6 Å². The van der Waals surface area contributed by atoms with Crippen LogP contribution in [0.4, 0.5) is 0 Å². The van der Waals surface area contributed by atoms with E-state index in [0.29, 0.717) is 0 Å². The predicted octanol–water partition coefficient (Wildman–Crippen LogP) is 3.27. The van der Waals surface area contributed by atoms with E-state index in [1.807, 2.05) is 7.05 Å². The topological polar surface area (TPSA) is 12.0 Å². The number of fused-ring (bicyclic) bond motifs is 1. The van der Waals surface area contributed by atoms with Crippen molar-refractivity contribution in [3.05, 3.63) is 47.0 Å². The van der Waals surface area contributed by atoms with Crippen molar-refractivity contribution in [2.45, 2.75) is 32.1 Å². The number of hydrogen-bond donors (Lipinski definition) is 1. The molecule has 1 heteroatoms. The van der Waals surface area contributed by atoms with Gasteiger partial charge in [0, 0.05) is 0 Å². The summed E-state index contributed by atoms with van der Waals surface area (Å²) in [7, 11) is 2.01. The van der Waals surface area contributed by atoms with Crippen molar-refractivity contribution in [1.82, 2.24) is 5.32 Å². The van der Waals surface area contributed by atoms with E-state index in [-0.39, 0.29) is 0 Å². The van der Waals surface area contributed by atoms with Crippen LogP contribution >= 0.6 is 0 Å². The van der Waals surface area contributed by atoms with E-state index >= 15 is 0 Å². The highest BCUT2D eigenvalue weighted by Crippen LogP contribution is 2.38. The van der Waals surface area contributed by atoms with Crippen LogP contribution in [-0.2, 0) is 6.42 Å². The zero-order valence-corrected chi connectivity index (χ0v) is 10.3. The van der Waals surface area contributed by atoms with E-state index in [1.54, 1.807) is 11.1 Å². The molecule has 86 valence electrons. The van der Waals surface area contributed by atoms with Crippen molar-refractivity contribution in [3.8, 4) is 0 Å². The molecule has 0 bridgehead atoms. The monoisotopic (exact) mass is 215 g/mol. The lowest BCUT2D eigenvalue weighted by atomic mass is 9.74. The summed E-state index contributed by atoms with van der Waals surface area (Å²) in [6.45, 7) is 3.34. The smallest absolute Gasteiger partial charge is 0.00172 e. The molecule has 1 atom stereocenters. The van der Waals surface area contributed by atoms with E-state index in [9.17, 15) is 0 Å². The average Bonchev–Trinajstić information content (AvgIpc) is 2.26. The van der Waals surface area contributed by atoms with E-state index in [4.69, 9.17) is 0 Å².